The molecule has 1 fully saturated rings. The summed E-state index contributed by atoms with van der Waals surface area (Å²) in [7, 11) is 0. The average Bonchev–Trinajstić information content (AvgIpc) is 2.14. The summed E-state index contributed by atoms with van der Waals surface area (Å²) < 4.78 is 12.9. The van der Waals surface area contributed by atoms with Gasteiger partial charge in [0.15, 0.2) is 0 Å². The zero-order chi connectivity index (χ0) is 10.6. The first-order chi connectivity index (χ1) is 6.59. The number of carboxylic acid groups (broad SMARTS) is 1. The lowest BCUT2D eigenvalue weighted by molar-refractivity contribution is -0.132. The van der Waals surface area contributed by atoms with E-state index in [0.29, 0.717) is 19.4 Å². The molecule has 0 aromatic carbocycles. The standard InChI is InChI=1S/C9H12FNO3/c10-7-2-1-5-11(6-7)8(12)3-4-9(13)14/h3-4,7H,1-2,5-6H2,(H,13,14)/b4-3+/t7-/m1/s1. The van der Waals surface area contributed by atoms with E-state index in [1.807, 2.05) is 0 Å². The van der Waals surface area contributed by atoms with E-state index in [2.05, 4.69) is 0 Å². The Balaban J connectivity index is 2.47. The fraction of sp³-hybridized carbons (Fsp3) is 0.556. The first-order valence-electron chi connectivity index (χ1n) is 4.43. The second kappa shape index (κ2) is 4.74. The smallest absolute Gasteiger partial charge is 0.328 e. The lowest BCUT2D eigenvalue weighted by Crippen LogP contribution is -2.39. The molecule has 0 aromatic rings. The van der Waals surface area contributed by atoms with Gasteiger partial charge in [-0.05, 0) is 12.8 Å². The van der Waals surface area contributed by atoms with Gasteiger partial charge in [0.25, 0.3) is 0 Å². The van der Waals surface area contributed by atoms with Gasteiger partial charge in [-0.2, -0.15) is 0 Å². The van der Waals surface area contributed by atoms with Crippen molar-refractivity contribution in [2.24, 2.45) is 0 Å². The van der Waals surface area contributed by atoms with E-state index in [1.54, 1.807) is 0 Å². The summed E-state index contributed by atoms with van der Waals surface area (Å²) in [6.45, 7) is 0.575. The monoisotopic (exact) mass is 201 g/mol. The summed E-state index contributed by atoms with van der Waals surface area (Å²) in [6.07, 6.45) is 1.86. The molecule has 1 N–H and O–H groups in total. The van der Waals surface area contributed by atoms with E-state index in [-0.39, 0.29) is 6.54 Å². The number of carboxylic acids is 1. The summed E-state index contributed by atoms with van der Waals surface area (Å²) in [5.41, 5.74) is 0. The molecule has 1 saturated heterocycles. The highest BCUT2D eigenvalue weighted by Gasteiger charge is 2.21. The van der Waals surface area contributed by atoms with E-state index < -0.39 is 18.0 Å². The highest BCUT2D eigenvalue weighted by Crippen LogP contribution is 2.12. The number of piperidine rings is 1. The van der Waals surface area contributed by atoms with Crippen LogP contribution in [0.1, 0.15) is 12.8 Å². The van der Waals surface area contributed by atoms with E-state index in [1.165, 1.54) is 4.90 Å². The number of carbonyl (C=O) groups is 2. The third-order valence-electron chi connectivity index (χ3n) is 2.04. The second-order valence-corrected chi connectivity index (χ2v) is 3.20. The van der Waals surface area contributed by atoms with Crippen LogP contribution >= 0.6 is 0 Å². The van der Waals surface area contributed by atoms with Crippen LogP contribution in [-0.4, -0.2) is 41.1 Å². The molecule has 0 aromatic heterocycles. The second-order valence-electron chi connectivity index (χ2n) is 3.20. The molecule has 1 amide bonds. The zero-order valence-electron chi connectivity index (χ0n) is 7.65. The predicted octanol–water partition coefficient (Wildman–Crippen LogP) is 0.588. The molecule has 0 unspecified atom stereocenters. The number of hydrogen-bond donors (Lipinski definition) is 1. The van der Waals surface area contributed by atoms with E-state index in [9.17, 15) is 14.0 Å². The van der Waals surface area contributed by atoms with Crippen molar-refractivity contribution >= 4 is 11.9 Å². The minimum Gasteiger partial charge on any atom is -0.478 e. The maximum Gasteiger partial charge on any atom is 0.328 e. The Kier molecular flexibility index (Phi) is 3.62. The van der Waals surface area contributed by atoms with Crippen molar-refractivity contribution in [3.8, 4) is 0 Å². The Morgan fingerprint density at radius 3 is 2.71 bits per heavy atom. The van der Waals surface area contributed by atoms with Gasteiger partial charge >= 0.3 is 5.97 Å². The van der Waals surface area contributed by atoms with Crippen LogP contribution in [0.15, 0.2) is 12.2 Å². The van der Waals surface area contributed by atoms with Crippen LogP contribution in [0.3, 0.4) is 0 Å². The third-order valence-corrected chi connectivity index (χ3v) is 2.04. The number of amides is 1. The molecule has 14 heavy (non-hydrogen) atoms. The van der Waals surface area contributed by atoms with Crippen LogP contribution in [0, 0.1) is 0 Å². The number of carbonyl (C=O) groups excluding carboxylic acids is 1. The number of halogens is 1. The topological polar surface area (TPSA) is 57.6 Å². The van der Waals surface area contributed by atoms with E-state index in [4.69, 9.17) is 5.11 Å². The molecule has 0 spiro atoms. The molecule has 1 aliphatic rings. The van der Waals surface area contributed by atoms with Gasteiger partial charge in [0, 0.05) is 18.7 Å². The number of aliphatic carboxylic acids is 1. The zero-order valence-corrected chi connectivity index (χ0v) is 7.65. The van der Waals surface area contributed by atoms with Crippen molar-refractivity contribution in [2.75, 3.05) is 13.1 Å². The fourth-order valence-corrected chi connectivity index (χ4v) is 1.37. The minimum absolute atomic E-state index is 0.0722. The SMILES string of the molecule is O=C(O)/C=C/C(=O)N1CCC[C@@H](F)C1. The molecule has 0 saturated carbocycles. The Bertz CT molecular complexity index is 265. The lowest BCUT2D eigenvalue weighted by atomic mass is 10.1. The molecule has 5 heteroatoms. The Hall–Kier alpha value is -1.39. The van der Waals surface area contributed by atoms with Gasteiger partial charge < -0.3 is 10.0 Å². The van der Waals surface area contributed by atoms with E-state index >= 15 is 0 Å². The van der Waals surface area contributed by atoms with Crippen molar-refractivity contribution in [1.29, 1.82) is 0 Å². The molecule has 78 valence electrons. The number of nitrogens with zero attached hydrogens (tertiary/aromatic N) is 1. The van der Waals surface area contributed by atoms with Crippen LogP contribution < -0.4 is 0 Å². The normalized spacial score (nSPS) is 22.6. The Morgan fingerprint density at radius 1 is 1.43 bits per heavy atom. The summed E-state index contributed by atoms with van der Waals surface area (Å²) in [4.78, 5) is 22.7. The summed E-state index contributed by atoms with van der Waals surface area (Å²) in [5.74, 6) is -1.61. The molecule has 0 bridgehead atoms. The molecule has 0 aliphatic carbocycles. The van der Waals surface area contributed by atoms with Crippen molar-refractivity contribution in [2.45, 2.75) is 19.0 Å². The Labute approximate surface area is 81.0 Å². The summed E-state index contributed by atoms with van der Waals surface area (Å²) in [5, 5.41) is 8.28. The first kappa shape index (κ1) is 10.7. The van der Waals surface area contributed by atoms with Gasteiger partial charge in [0.1, 0.15) is 6.17 Å². The molecule has 1 atom stereocenters. The summed E-state index contributed by atoms with van der Waals surface area (Å²) in [6, 6.07) is 0. The van der Waals surface area contributed by atoms with Crippen LogP contribution in [0.25, 0.3) is 0 Å². The highest BCUT2D eigenvalue weighted by atomic mass is 19.1. The van der Waals surface area contributed by atoms with Gasteiger partial charge in [0.05, 0.1) is 6.54 Å². The molecular formula is C9H12FNO3. The molecular weight excluding hydrogens is 189 g/mol. The number of alkyl halides is 1. The third kappa shape index (κ3) is 3.16. The van der Waals surface area contributed by atoms with Gasteiger partial charge in [-0.1, -0.05) is 0 Å². The largest absolute Gasteiger partial charge is 0.478 e. The van der Waals surface area contributed by atoms with Crippen molar-refractivity contribution in [3.05, 3.63) is 12.2 Å². The van der Waals surface area contributed by atoms with Gasteiger partial charge in [-0.25, -0.2) is 9.18 Å². The molecule has 1 rings (SSSR count). The molecule has 1 aliphatic heterocycles. The van der Waals surface area contributed by atoms with Crippen molar-refractivity contribution in [3.63, 3.8) is 0 Å². The van der Waals surface area contributed by atoms with Crippen molar-refractivity contribution in [1.82, 2.24) is 4.90 Å². The quantitative estimate of drug-likeness (QED) is 0.665. The highest BCUT2D eigenvalue weighted by molar-refractivity contribution is 5.93. The summed E-state index contributed by atoms with van der Waals surface area (Å²) >= 11 is 0. The number of hydrogen-bond acceptors (Lipinski definition) is 2. The van der Waals surface area contributed by atoms with Gasteiger partial charge in [-0.15, -0.1) is 0 Å². The van der Waals surface area contributed by atoms with Crippen LogP contribution in [-0.2, 0) is 9.59 Å². The lowest BCUT2D eigenvalue weighted by Gasteiger charge is -2.27. The first-order valence-corrected chi connectivity index (χ1v) is 4.43. The maximum atomic E-state index is 12.9. The Morgan fingerprint density at radius 2 is 2.14 bits per heavy atom. The molecule has 1 heterocycles. The molecule has 4 nitrogen and oxygen atoms in total. The molecule has 0 radical (unpaired) electrons. The minimum atomic E-state index is -1.17. The average molecular weight is 201 g/mol. The van der Waals surface area contributed by atoms with Crippen LogP contribution in [0.5, 0.6) is 0 Å². The van der Waals surface area contributed by atoms with Gasteiger partial charge in [0.2, 0.25) is 5.91 Å². The van der Waals surface area contributed by atoms with Crippen LogP contribution in [0.4, 0.5) is 4.39 Å². The van der Waals surface area contributed by atoms with Crippen LogP contribution in [0.2, 0.25) is 0 Å². The van der Waals surface area contributed by atoms with E-state index in [0.717, 1.165) is 12.2 Å². The maximum absolute atomic E-state index is 12.9. The number of likely N-dealkylation sites (tertiary alicyclic amines) is 1. The fourth-order valence-electron chi connectivity index (χ4n) is 1.37. The van der Waals surface area contributed by atoms with Crippen molar-refractivity contribution < 1.29 is 19.1 Å². The predicted molar refractivity (Wildman–Crippen MR) is 47.5 cm³/mol. The number of rotatable bonds is 2. The van der Waals surface area contributed by atoms with Gasteiger partial charge in [-0.3, -0.25) is 4.79 Å².